The number of ether oxygens (including phenoxy) is 2. The largest absolute Gasteiger partial charge is 0.382 e. The van der Waals surface area contributed by atoms with Gasteiger partial charge in [-0.05, 0) is 37.6 Å². The van der Waals surface area contributed by atoms with Gasteiger partial charge in [0.05, 0.1) is 19.3 Å². The zero-order valence-electron chi connectivity index (χ0n) is 11.9. The van der Waals surface area contributed by atoms with Crippen LogP contribution in [0, 0.1) is 5.41 Å². The second-order valence-electron chi connectivity index (χ2n) is 5.87. The van der Waals surface area contributed by atoms with Crippen LogP contribution < -0.4 is 5.32 Å². The van der Waals surface area contributed by atoms with Crippen molar-refractivity contribution < 1.29 is 9.47 Å². The number of nitrogens with one attached hydrogen (secondary N) is 1. The van der Waals surface area contributed by atoms with Crippen LogP contribution in [0.2, 0.25) is 0 Å². The summed E-state index contributed by atoms with van der Waals surface area (Å²) in [7, 11) is 1.72. The molecule has 2 unspecified atom stereocenters. The van der Waals surface area contributed by atoms with E-state index in [4.69, 9.17) is 9.47 Å². The lowest BCUT2D eigenvalue weighted by molar-refractivity contribution is -0.0440. The van der Waals surface area contributed by atoms with Crippen LogP contribution >= 0.6 is 0 Å². The molecule has 0 amide bonds. The molecule has 1 aliphatic carbocycles. The summed E-state index contributed by atoms with van der Waals surface area (Å²) in [5, 5.41) is 3.62. The first-order valence-corrected chi connectivity index (χ1v) is 6.93. The molecule has 1 saturated carbocycles. The van der Waals surface area contributed by atoms with Crippen molar-refractivity contribution in [1.82, 2.24) is 5.32 Å². The van der Waals surface area contributed by atoms with E-state index < -0.39 is 0 Å². The maximum atomic E-state index is 5.98. The van der Waals surface area contributed by atoms with E-state index >= 15 is 0 Å². The molecular formula is C14H29NO2. The fraction of sp³-hybridized carbons (Fsp3) is 1.00. The zero-order valence-corrected chi connectivity index (χ0v) is 11.9. The van der Waals surface area contributed by atoms with Crippen molar-refractivity contribution in [3.63, 3.8) is 0 Å². The van der Waals surface area contributed by atoms with Gasteiger partial charge in [-0.1, -0.05) is 20.8 Å². The molecule has 0 aromatic rings. The van der Waals surface area contributed by atoms with Gasteiger partial charge < -0.3 is 14.8 Å². The van der Waals surface area contributed by atoms with Crippen molar-refractivity contribution in [2.24, 2.45) is 5.41 Å². The molecule has 1 N–H and O–H groups in total. The van der Waals surface area contributed by atoms with Gasteiger partial charge in [0, 0.05) is 13.2 Å². The number of hydrogen-bond donors (Lipinski definition) is 1. The summed E-state index contributed by atoms with van der Waals surface area (Å²) in [6, 6.07) is 0.528. The quantitative estimate of drug-likeness (QED) is 0.697. The third kappa shape index (κ3) is 5.36. The van der Waals surface area contributed by atoms with Crippen LogP contribution in [0.1, 0.15) is 46.5 Å². The molecule has 0 radical (unpaired) electrons. The highest BCUT2D eigenvalue weighted by Crippen LogP contribution is 2.36. The Morgan fingerprint density at radius 1 is 1.29 bits per heavy atom. The van der Waals surface area contributed by atoms with Crippen LogP contribution in [-0.2, 0) is 9.47 Å². The number of rotatable bonds is 7. The highest BCUT2D eigenvalue weighted by molar-refractivity contribution is 4.89. The molecule has 0 aromatic heterocycles. The molecule has 0 bridgehead atoms. The van der Waals surface area contributed by atoms with E-state index in [2.05, 4.69) is 26.1 Å². The van der Waals surface area contributed by atoms with Crippen molar-refractivity contribution >= 4 is 0 Å². The Hall–Kier alpha value is -0.120. The van der Waals surface area contributed by atoms with E-state index in [0.29, 0.717) is 30.8 Å². The standard InChI is InChI=1S/C14H29NO2/c1-5-8-15-12-6-7-14(2,3)11-13(12)17-10-9-16-4/h12-13,15H,5-11H2,1-4H3. The fourth-order valence-corrected chi connectivity index (χ4v) is 2.54. The molecule has 2 atom stereocenters. The summed E-state index contributed by atoms with van der Waals surface area (Å²) in [6.45, 7) is 9.39. The number of methoxy groups -OCH3 is 1. The van der Waals surface area contributed by atoms with Gasteiger partial charge >= 0.3 is 0 Å². The summed E-state index contributed by atoms with van der Waals surface area (Å²) in [4.78, 5) is 0. The average Bonchev–Trinajstić information content (AvgIpc) is 2.27. The molecule has 102 valence electrons. The van der Waals surface area contributed by atoms with E-state index in [1.165, 1.54) is 19.3 Å². The van der Waals surface area contributed by atoms with Crippen LogP contribution in [-0.4, -0.2) is 39.0 Å². The first kappa shape index (κ1) is 14.9. The molecule has 17 heavy (non-hydrogen) atoms. The van der Waals surface area contributed by atoms with Crippen LogP contribution in [0.15, 0.2) is 0 Å². The van der Waals surface area contributed by atoms with Crippen molar-refractivity contribution in [3.8, 4) is 0 Å². The monoisotopic (exact) mass is 243 g/mol. The molecule has 1 rings (SSSR count). The average molecular weight is 243 g/mol. The zero-order chi connectivity index (χ0) is 12.7. The first-order valence-electron chi connectivity index (χ1n) is 6.93. The maximum absolute atomic E-state index is 5.98. The fourth-order valence-electron chi connectivity index (χ4n) is 2.54. The summed E-state index contributed by atoms with van der Waals surface area (Å²) in [6.07, 6.45) is 5.20. The van der Waals surface area contributed by atoms with E-state index in [0.717, 1.165) is 13.0 Å². The topological polar surface area (TPSA) is 30.5 Å². The molecule has 3 nitrogen and oxygen atoms in total. The molecular weight excluding hydrogens is 214 g/mol. The number of hydrogen-bond acceptors (Lipinski definition) is 3. The third-order valence-corrected chi connectivity index (χ3v) is 3.61. The van der Waals surface area contributed by atoms with Crippen LogP contribution in [0.5, 0.6) is 0 Å². The lowest BCUT2D eigenvalue weighted by atomic mass is 9.74. The normalized spacial score (nSPS) is 28.2. The second kappa shape index (κ2) is 7.34. The Labute approximate surface area is 106 Å². The third-order valence-electron chi connectivity index (χ3n) is 3.61. The van der Waals surface area contributed by atoms with Gasteiger partial charge in [0.1, 0.15) is 0 Å². The van der Waals surface area contributed by atoms with E-state index in [-0.39, 0.29) is 0 Å². The lowest BCUT2D eigenvalue weighted by Gasteiger charge is -2.41. The minimum absolute atomic E-state index is 0.348. The molecule has 1 aliphatic rings. The Morgan fingerprint density at radius 2 is 2.06 bits per heavy atom. The summed E-state index contributed by atoms with van der Waals surface area (Å²) >= 11 is 0. The van der Waals surface area contributed by atoms with Crippen LogP contribution in [0.3, 0.4) is 0 Å². The Bertz CT molecular complexity index is 206. The van der Waals surface area contributed by atoms with Crippen molar-refractivity contribution in [1.29, 1.82) is 0 Å². The van der Waals surface area contributed by atoms with Gasteiger partial charge in [-0.3, -0.25) is 0 Å². The SMILES string of the molecule is CCCNC1CCC(C)(C)CC1OCCOC. The first-order chi connectivity index (χ1) is 8.09. The predicted octanol–water partition coefficient (Wildman–Crippen LogP) is 2.60. The molecule has 0 spiro atoms. The molecule has 0 aromatic carbocycles. The molecule has 0 heterocycles. The Balaban J connectivity index is 2.43. The molecule has 1 fully saturated rings. The van der Waals surface area contributed by atoms with Gasteiger partial charge in [-0.15, -0.1) is 0 Å². The van der Waals surface area contributed by atoms with E-state index in [9.17, 15) is 0 Å². The molecule has 3 heteroatoms. The van der Waals surface area contributed by atoms with E-state index in [1.807, 2.05) is 0 Å². The van der Waals surface area contributed by atoms with E-state index in [1.54, 1.807) is 7.11 Å². The predicted molar refractivity (Wildman–Crippen MR) is 71.3 cm³/mol. The van der Waals surface area contributed by atoms with Crippen molar-refractivity contribution in [3.05, 3.63) is 0 Å². The van der Waals surface area contributed by atoms with Gasteiger partial charge in [-0.2, -0.15) is 0 Å². The Kier molecular flexibility index (Phi) is 6.45. The van der Waals surface area contributed by atoms with Gasteiger partial charge in [0.25, 0.3) is 0 Å². The van der Waals surface area contributed by atoms with Gasteiger partial charge in [0.15, 0.2) is 0 Å². The van der Waals surface area contributed by atoms with Gasteiger partial charge in [-0.25, -0.2) is 0 Å². The summed E-state index contributed by atoms with van der Waals surface area (Å²) in [5.74, 6) is 0. The minimum Gasteiger partial charge on any atom is -0.382 e. The summed E-state index contributed by atoms with van der Waals surface area (Å²) in [5.41, 5.74) is 0.419. The maximum Gasteiger partial charge on any atom is 0.0734 e. The summed E-state index contributed by atoms with van der Waals surface area (Å²) < 4.78 is 11.0. The van der Waals surface area contributed by atoms with Crippen molar-refractivity contribution in [2.45, 2.75) is 58.6 Å². The smallest absolute Gasteiger partial charge is 0.0734 e. The molecule has 0 saturated heterocycles. The van der Waals surface area contributed by atoms with Crippen LogP contribution in [0.4, 0.5) is 0 Å². The molecule has 0 aliphatic heterocycles. The van der Waals surface area contributed by atoms with Crippen molar-refractivity contribution in [2.75, 3.05) is 26.9 Å². The highest BCUT2D eigenvalue weighted by atomic mass is 16.5. The van der Waals surface area contributed by atoms with Crippen LogP contribution in [0.25, 0.3) is 0 Å². The minimum atomic E-state index is 0.348. The highest BCUT2D eigenvalue weighted by Gasteiger charge is 2.34. The van der Waals surface area contributed by atoms with Gasteiger partial charge in [0.2, 0.25) is 0 Å². The Morgan fingerprint density at radius 3 is 2.71 bits per heavy atom. The second-order valence-corrected chi connectivity index (χ2v) is 5.87. The lowest BCUT2D eigenvalue weighted by Crippen LogP contribution is -2.48.